The number of hydrogen-bond donors (Lipinski definition) is 0. The molecule has 0 unspecified atom stereocenters. The maximum Gasteiger partial charge on any atom is 0.0740 e. The van der Waals surface area contributed by atoms with Crippen LogP contribution in [0.15, 0.2) is 12.1 Å². The average Bonchev–Trinajstić information content (AvgIpc) is 2.45. The molecule has 2 rings (SSSR count). The lowest BCUT2D eigenvalue weighted by Crippen LogP contribution is -1.84. The van der Waals surface area contributed by atoms with Gasteiger partial charge in [0.25, 0.3) is 0 Å². The van der Waals surface area contributed by atoms with Gasteiger partial charge < -0.3 is 4.74 Å². The predicted octanol–water partition coefficient (Wildman–Crippen LogP) is 3.02. The first-order valence-corrected chi connectivity index (χ1v) is 4.08. The summed E-state index contributed by atoms with van der Waals surface area (Å²) in [5.74, 6) is 0. The highest BCUT2D eigenvalue weighted by Gasteiger charge is 2.16. The Morgan fingerprint density at radius 1 is 1.00 bits per heavy atom. The fourth-order valence-electron chi connectivity index (χ4n) is 1.20. The molecule has 1 nitrogen and oxygen atoms in total. The van der Waals surface area contributed by atoms with Crippen molar-refractivity contribution < 1.29 is 4.74 Å². The normalized spacial score (nSPS) is 15.1. The van der Waals surface area contributed by atoms with Gasteiger partial charge in [0.2, 0.25) is 0 Å². The first kappa shape index (κ1) is 7.41. The zero-order chi connectivity index (χ0) is 7.84. The van der Waals surface area contributed by atoms with Crippen LogP contribution in [-0.4, -0.2) is 0 Å². The van der Waals surface area contributed by atoms with Crippen molar-refractivity contribution in [1.82, 2.24) is 0 Å². The zero-order valence-corrected chi connectivity index (χ0v) is 7.24. The minimum Gasteiger partial charge on any atom is -0.372 e. The van der Waals surface area contributed by atoms with Gasteiger partial charge in [-0.1, -0.05) is 23.2 Å². The van der Waals surface area contributed by atoms with Crippen molar-refractivity contribution in [3.8, 4) is 0 Å². The van der Waals surface area contributed by atoms with Crippen LogP contribution in [0.3, 0.4) is 0 Å². The molecule has 0 fully saturated rings. The molecule has 3 heteroatoms. The fourth-order valence-corrected chi connectivity index (χ4v) is 1.67. The van der Waals surface area contributed by atoms with E-state index >= 15 is 0 Å². The molecular formula is C8H6Cl2O. The molecule has 1 aromatic rings. The summed E-state index contributed by atoms with van der Waals surface area (Å²) < 4.78 is 5.21. The molecule has 0 spiro atoms. The number of ether oxygens (including phenoxy) is 1. The van der Waals surface area contributed by atoms with E-state index in [1.807, 2.05) is 0 Å². The Morgan fingerprint density at radius 3 is 1.91 bits per heavy atom. The molecule has 0 radical (unpaired) electrons. The Hall–Kier alpha value is -0.240. The van der Waals surface area contributed by atoms with Crippen molar-refractivity contribution in [2.75, 3.05) is 0 Å². The minimum atomic E-state index is 0.592. The van der Waals surface area contributed by atoms with Crippen LogP contribution in [0.4, 0.5) is 0 Å². The monoisotopic (exact) mass is 188 g/mol. The summed E-state index contributed by atoms with van der Waals surface area (Å²) in [5, 5.41) is 1.50. The van der Waals surface area contributed by atoms with Gasteiger partial charge in [-0.05, 0) is 12.1 Å². The number of fused-ring (bicyclic) bond motifs is 1. The lowest BCUT2D eigenvalue weighted by molar-refractivity contribution is 0.134. The quantitative estimate of drug-likeness (QED) is 0.609. The molecule has 58 valence electrons. The molecule has 0 bridgehead atoms. The average molecular weight is 189 g/mol. The zero-order valence-electron chi connectivity index (χ0n) is 5.73. The third-order valence-electron chi connectivity index (χ3n) is 1.81. The summed E-state index contributed by atoms with van der Waals surface area (Å²) >= 11 is 11.8. The van der Waals surface area contributed by atoms with E-state index in [2.05, 4.69) is 0 Å². The van der Waals surface area contributed by atoms with Gasteiger partial charge in [0.15, 0.2) is 0 Å². The van der Waals surface area contributed by atoms with E-state index in [0.29, 0.717) is 13.2 Å². The van der Waals surface area contributed by atoms with E-state index in [1.165, 1.54) is 0 Å². The highest BCUT2D eigenvalue weighted by molar-refractivity contribution is 6.34. The molecule has 1 aliphatic rings. The third-order valence-corrected chi connectivity index (χ3v) is 2.52. The van der Waals surface area contributed by atoms with E-state index in [-0.39, 0.29) is 0 Å². The number of benzene rings is 1. The van der Waals surface area contributed by atoms with Gasteiger partial charge in [0.1, 0.15) is 0 Å². The highest BCUT2D eigenvalue weighted by atomic mass is 35.5. The lowest BCUT2D eigenvalue weighted by atomic mass is 10.1. The van der Waals surface area contributed by atoms with E-state index < -0.39 is 0 Å². The molecule has 0 amide bonds. The van der Waals surface area contributed by atoms with Crippen LogP contribution in [0, 0.1) is 0 Å². The second-order valence-corrected chi connectivity index (χ2v) is 3.29. The van der Waals surface area contributed by atoms with E-state index in [4.69, 9.17) is 27.9 Å². The van der Waals surface area contributed by atoms with Crippen molar-refractivity contribution in [2.45, 2.75) is 13.2 Å². The van der Waals surface area contributed by atoms with Crippen molar-refractivity contribution in [3.63, 3.8) is 0 Å². The van der Waals surface area contributed by atoms with Crippen molar-refractivity contribution in [2.24, 2.45) is 0 Å². The predicted molar refractivity (Wildman–Crippen MR) is 45.0 cm³/mol. The molecule has 1 aromatic carbocycles. The van der Waals surface area contributed by atoms with Crippen LogP contribution >= 0.6 is 23.2 Å². The van der Waals surface area contributed by atoms with Gasteiger partial charge in [-0.2, -0.15) is 0 Å². The summed E-state index contributed by atoms with van der Waals surface area (Å²) in [6.07, 6.45) is 0. The Bertz CT molecular complexity index is 267. The molecule has 0 atom stereocenters. The molecule has 0 N–H and O–H groups in total. The number of rotatable bonds is 0. The van der Waals surface area contributed by atoms with E-state index in [9.17, 15) is 0 Å². The fraction of sp³-hybridized carbons (Fsp3) is 0.250. The van der Waals surface area contributed by atoms with Crippen molar-refractivity contribution in [3.05, 3.63) is 33.3 Å². The summed E-state index contributed by atoms with van der Waals surface area (Å²) in [7, 11) is 0. The third kappa shape index (κ3) is 1.13. The summed E-state index contributed by atoms with van der Waals surface area (Å²) in [6.45, 7) is 1.18. The van der Waals surface area contributed by atoms with Gasteiger partial charge in [-0.15, -0.1) is 0 Å². The van der Waals surface area contributed by atoms with E-state index in [0.717, 1.165) is 21.2 Å². The molecule has 0 aliphatic carbocycles. The second-order valence-electron chi connectivity index (χ2n) is 2.48. The molecule has 11 heavy (non-hydrogen) atoms. The largest absolute Gasteiger partial charge is 0.372 e. The maximum atomic E-state index is 5.90. The minimum absolute atomic E-state index is 0.592. The molecule has 1 aliphatic heterocycles. The molecule has 1 heterocycles. The Balaban J connectivity index is 2.64. The lowest BCUT2D eigenvalue weighted by Gasteiger charge is -2.00. The smallest absolute Gasteiger partial charge is 0.0740 e. The second kappa shape index (κ2) is 2.67. The van der Waals surface area contributed by atoms with Crippen LogP contribution < -0.4 is 0 Å². The Labute approximate surface area is 74.9 Å². The van der Waals surface area contributed by atoms with Gasteiger partial charge in [-0.25, -0.2) is 0 Å². The van der Waals surface area contributed by atoms with Gasteiger partial charge >= 0.3 is 0 Å². The first-order chi connectivity index (χ1) is 5.29. The molecule has 0 aromatic heterocycles. The Morgan fingerprint density at radius 2 is 1.45 bits per heavy atom. The molecular weight excluding hydrogens is 183 g/mol. The van der Waals surface area contributed by atoms with E-state index in [1.54, 1.807) is 12.1 Å². The highest BCUT2D eigenvalue weighted by Crippen LogP contribution is 2.32. The summed E-state index contributed by atoms with van der Waals surface area (Å²) in [6, 6.07) is 3.61. The van der Waals surface area contributed by atoms with Gasteiger partial charge in [-0.3, -0.25) is 0 Å². The maximum absolute atomic E-state index is 5.90. The van der Waals surface area contributed by atoms with Gasteiger partial charge in [0.05, 0.1) is 13.2 Å². The summed E-state index contributed by atoms with van der Waals surface area (Å²) in [5.41, 5.74) is 2.08. The van der Waals surface area contributed by atoms with Crippen LogP contribution in [0.1, 0.15) is 11.1 Å². The van der Waals surface area contributed by atoms with Gasteiger partial charge in [0, 0.05) is 21.2 Å². The summed E-state index contributed by atoms with van der Waals surface area (Å²) in [4.78, 5) is 0. The molecule has 0 saturated carbocycles. The molecule has 0 saturated heterocycles. The van der Waals surface area contributed by atoms with Crippen molar-refractivity contribution >= 4 is 23.2 Å². The number of hydrogen-bond acceptors (Lipinski definition) is 1. The Kier molecular flexibility index (Phi) is 1.80. The van der Waals surface area contributed by atoms with Crippen LogP contribution in [0.2, 0.25) is 10.0 Å². The topological polar surface area (TPSA) is 9.23 Å². The van der Waals surface area contributed by atoms with Crippen molar-refractivity contribution in [1.29, 1.82) is 0 Å². The first-order valence-electron chi connectivity index (χ1n) is 3.32. The van der Waals surface area contributed by atoms with Crippen LogP contribution in [0.5, 0.6) is 0 Å². The number of halogens is 2. The standard InChI is InChI=1S/C8H6Cl2O/c9-7-1-2-8(10)6-4-11-3-5(6)7/h1-2H,3-4H2. The van der Waals surface area contributed by atoms with Crippen LogP contribution in [-0.2, 0) is 18.0 Å². The van der Waals surface area contributed by atoms with Crippen LogP contribution in [0.25, 0.3) is 0 Å². The SMILES string of the molecule is Clc1ccc(Cl)c2c1COC2.